The van der Waals surface area contributed by atoms with E-state index < -0.39 is 17.5 Å². The molecule has 0 aliphatic heterocycles. The van der Waals surface area contributed by atoms with Crippen LogP contribution in [0.1, 0.15) is 40.3 Å². The number of terminal acetylenes is 1. The topological polar surface area (TPSA) is 125 Å². The molecule has 5 rings (SSSR count). The van der Waals surface area contributed by atoms with Crippen LogP contribution in [0.4, 0.5) is 5.82 Å². The summed E-state index contributed by atoms with van der Waals surface area (Å²) < 4.78 is 4.42. The van der Waals surface area contributed by atoms with Crippen LogP contribution in [0, 0.1) is 24.2 Å². The van der Waals surface area contributed by atoms with Crippen LogP contribution in [0.25, 0.3) is 16.4 Å². The fourth-order valence-corrected chi connectivity index (χ4v) is 4.79. The summed E-state index contributed by atoms with van der Waals surface area (Å²) in [6.45, 7) is 1.50. The molecule has 45 heavy (non-hydrogen) atoms. The minimum absolute atomic E-state index is 0.000689. The number of hydrogen-bond donors (Lipinski definition) is 2. The van der Waals surface area contributed by atoms with E-state index in [1.54, 1.807) is 67.4 Å². The lowest BCUT2D eigenvalue weighted by Gasteiger charge is -2.23. The third-order valence-electron chi connectivity index (χ3n) is 7.17. The maximum absolute atomic E-state index is 14.3. The lowest BCUT2D eigenvalue weighted by atomic mass is 9.66. The number of nitrogens with one attached hydrogen (secondary N) is 1. The molecular weight excluding hydrogens is 560 g/mol. The summed E-state index contributed by atoms with van der Waals surface area (Å²) in [6, 6.07) is 9.77. The highest BCUT2D eigenvalue weighted by atomic mass is 16.2. The number of fused-ring (bicyclic) bond motifs is 2. The molecule has 1 aromatic carbocycles. The third-order valence-corrected chi connectivity index (χ3v) is 7.17. The molecular formula is C31H22B4N8O2. The number of benzene rings is 1. The van der Waals surface area contributed by atoms with E-state index in [-0.39, 0.29) is 45.5 Å². The predicted octanol–water partition coefficient (Wildman–Crippen LogP) is 0.981. The first-order chi connectivity index (χ1) is 21.5. The van der Waals surface area contributed by atoms with E-state index >= 15 is 0 Å². The van der Waals surface area contributed by atoms with Gasteiger partial charge in [-0.1, -0.05) is 29.4 Å². The monoisotopic (exact) mass is 582 g/mol. The summed E-state index contributed by atoms with van der Waals surface area (Å²) in [5.74, 6) is 7.81. The van der Waals surface area contributed by atoms with Gasteiger partial charge in [-0.15, -0.1) is 27.9 Å². The molecule has 1 atom stereocenters. The zero-order valence-electron chi connectivity index (χ0n) is 24.4. The molecule has 14 heteroatoms. The van der Waals surface area contributed by atoms with Crippen molar-refractivity contribution >= 4 is 59.5 Å². The number of anilines is 1. The molecule has 0 fully saturated rings. The molecule has 1 amide bonds. The Labute approximate surface area is 264 Å². The number of allylic oxidation sites excluding steroid dienone is 4. The van der Waals surface area contributed by atoms with Gasteiger partial charge in [0.05, 0.1) is 17.6 Å². The van der Waals surface area contributed by atoms with Crippen molar-refractivity contribution in [1.29, 1.82) is 0 Å². The van der Waals surface area contributed by atoms with Crippen molar-refractivity contribution in [2.24, 2.45) is 7.05 Å². The molecule has 0 spiro atoms. The minimum atomic E-state index is -0.741. The maximum Gasteiger partial charge on any atom is 0.260 e. The fourth-order valence-electron chi connectivity index (χ4n) is 4.79. The fraction of sp³-hybridized carbons (Fsp3) is 0.129. The number of hydrogen-bond acceptors (Lipinski definition) is 6. The summed E-state index contributed by atoms with van der Waals surface area (Å²) in [6.07, 6.45) is 10.2. The molecule has 0 bridgehead atoms. The molecule has 8 radical (unpaired) electrons. The summed E-state index contributed by atoms with van der Waals surface area (Å²) in [5.41, 5.74) is 7.31. The summed E-state index contributed by atoms with van der Waals surface area (Å²) in [5, 5.41) is 12.1. The van der Waals surface area contributed by atoms with Crippen LogP contribution in [0.2, 0.25) is 0 Å². The Morgan fingerprint density at radius 2 is 1.89 bits per heavy atom. The Bertz CT molecular complexity index is 2230. The number of nitrogens with two attached hydrogens (primary N) is 1. The number of aryl methyl sites for hydroxylation is 1. The Morgan fingerprint density at radius 3 is 2.60 bits per heavy atom. The van der Waals surface area contributed by atoms with Gasteiger partial charge in [-0.2, -0.15) is 5.10 Å². The van der Waals surface area contributed by atoms with Crippen molar-refractivity contribution in [2.45, 2.75) is 19.5 Å². The lowest BCUT2D eigenvalue weighted by molar-refractivity contribution is 0.0940. The second kappa shape index (κ2) is 12.6. The molecule has 0 aliphatic carbocycles. The van der Waals surface area contributed by atoms with Crippen LogP contribution in [-0.4, -0.2) is 66.2 Å². The number of rotatable bonds is 6. The highest BCUT2D eigenvalue weighted by Gasteiger charge is 2.23. The molecule has 0 saturated heterocycles. The molecule has 3 N–H and O–H groups in total. The van der Waals surface area contributed by atoms with Crippen molar-refractivity contribution in [2.75, 3.05) is 5.73 Å². The number of carbonyl (C=O) groups is 1. The number of amides is 1. The van der Waals surface area contributed by atoms with Crippen LogP contribution in [-0.2, 0) is 13.6 Å². The van der Waals surface area contributed by atoms with Crippen LogP contribution in [0.5, 0.6) is 0 Å². The number of pyridine rings is 1. The number of nitrogen functional groups attached to an aromatic ring is 1. The van der Waals surface area contributed by atoms with Gasteiger partial charge in [0.25, 0.3) is 11.5 Å². The second-order valence-electron chi connectivity index (χ2n) is 10.1. The average molecular weight is 582 g/mol. The molecule has 0 saturated carbocycles. The molecule has 4 heterocycles. The maximum atomic E-state index is 14.3. The molecule has 4 aromatic heterocycles. The van der Waals surface area contributed by atoms with Gasteiger partial charge in [-0.25, -0.2) is 9.50 Å². The van der Waals surface area contributed by atoms with E-state index in [0.29, 0.717) is 27.7 Å². The summed E-state index contributed by atoms with van der Waals surface area (Å²) in [4.78, 5) is 32.0. The van der Waals surface area contributed by atoms with Crippen molar-refractivity contribution in [1.82, 2.24) is 34.3 Å². The Morgan fingerprint density at radius 1 is 1.11 bits per heavy atom. The van der Waals surface area contributed by atoms with Crippen LogP contribution in [0.3, 0.4) is 0 Å². The largest absolute Gasteiger partial charge is 0.381 e. The van der Waals surface area contributed by atoms with Crippen LogP contribution in [0.15, 0.2) is 81.7 Å². The molecule has 0 aliphatic rings. The van der Waals surface area contributed by atoms with Gasteiger partial charge < -0.3 is 15.6 Å². The van der Waals surface area contributed by atoms with Gasteiger partial charge in [0.2, 0.25) is 0 Å². The van der Waals surface area contributed by atoms with E-state index in [1.807, 2.05) is 0 Å². The van der Waals surface area contributed by atoms with Gasteiger partial charge in [-0.3, -0.25) is 14.3 Å². The number of nitrogens with zero attached hydrogens (tertiary/aromatic N) is 6. The first-order valence-electron chi connectivity index (χ1n) is 13.5. The van der Waals surface area contributed by atoms with E-state index in [1.165, 1.54) is 15.3 Å². The first kappa shape index (κ1) is 30.8. The lowest BCUT2D eigenvalue weighted by Crippen LogP contribution is -2.33. The van der Waals surface area contributed by atoms with Crippen molar-refractivity contribution in [3.05, 3.63) is 110 Å². The van der Waals surface area contributed by atoms with Gasteiger partial charge in [0, 0.05) is 37.2 Å². The number of carbonyl (C=O) groups excluding carboxylic acids is 1. The van der Waals surface area contributed by atoms with E-state index in [4.69, 9.17) is 43.5 Å². The minimum Gasteiger partial charge on any atom is -0.381 e. The van der Waals surface area contributed by atoms with Gasteiger partial charge in [-0.05, 0) is 42.5 Å². The van der Waals surface area contributed by atoms with E-state index in [0.717, 1.165) is 0 Å². The molecule has 0 unspecified atom stereocenters. The van der Waals surface area contributed by atoms with Crippen molar-refractivity contribution < 1.29 is 4.79 Å². The standard InChI is InChI=1S/C31H22B4N8O2/c1-4-21(32)26(34)27(35)22(33)16-42-23(17(2)39-30(44)25-28(36)40-43-14-6-12-37-29(25)43)15-19-8-5-7-18(24(19)31(42)45)9-10-20-11-13-38-41(20)3/h1,5-8,11-15,17H,16H2,2-3H3,(H2,36,40)(H,39,44)/b26-21-,27-22-/t17-/m0/s1. The van der Waals surface area contributed by atoms with Crippen LogP contribution < -0.4 is 16.6 Å². The average Bonchev–Trinajstić information content (AvgIpc) is 3.60. The normalized spacial score (nSPS) is 12.9. The zero-order valence-corrected chi connectivity index (χ0v) is 24.4. The van der Waals surface area contributed by atoms with Gasteiger partial charge in [0.15, 0.2) is 11.5 Å². The first-order valence-corrected chi connectivity index (χ1v) is 13.5. The number of aromatic nitrogens is 6. The second-order valence-corrected chi connectivity index (χ2v) is 10.1. The van der Waals surface area contributed by atoms with Crippen molar-refractivity contribution in [3.8, 4) is 24.2 Å². The zero-order chi connectivity index (χ0) is 32.4. The van der Waals surface area contributed by atoms with Crippen LogP contribution >= 0.6 is 0 Å². The predicted molar refractivity (Wildman–Crippen MR) is 177 cm³/mol. The van der Waals surface area contributed by atoms with E-state index in [2.05, 4.69) is 38.3 Å². The molecule has 210 valence electrons. The Kier molecular flexibility index (Phi) is 8.60. The van der Waals surface area contributed by atoms with Crippen molar-refractivity contribution in [3.63, 3.8) is 0 Å². The highest BCUT2D eigenvalue weighted by molar-refractivity contribution is 6.44. The van der Waals surface area contributed by atoms with Gasteiger partial charge >= 0.3 is 0 Å². The Balaban J connectivity index is 1.66. The van der Waals surface area contributed by atoms with E-state index in [9.17, 15) is 9.59 Å². The van der Waals surface area contributed by atoms with Gasteiger partial charge in [0.1, 0.15) is 42.6 Å². The summed E-state index contributed by atoms with van der Waals surface area (Å²) >= 11 is 0. The molecule has 10 nitrogen and oxygen atoms in total. The third kappa shape index (κ3) is 5.96. The quantitative estimate of drug-likeness (QED) is 0.175. The SMILES string of the molecule is [B]/C(C#C)=C([B])/C([B])=C(/[B])Cn1c([C@H](C)NC(=O)c2c(N)nn3cccnc23)cc2cccc(C#Cc3ccnn3C)c2c1=O. The smallest absolute Gasteiger partial charge is 0.260 e. The summed E-state index contributed by atoms with van der Waals surface area (Å²) in [7, 11) is 26.1. The highest BCUT2D eigenvalue weighted by Crippen LogP contribution is 2.23. The Hall–Kier alpha value is -5.61. The molecule has 5 aromatic rings.